The van der Waals surface area contributed by atoms with Crippen LogP contribution in [0.1, 0.15) is 11.8 Å². The number of rotatable bonds is 6. The largest absolute Gasteiger partial charge is 0.472 e. The van der Waals surface area contributed by atoms with Crippen LogP contribution in [0, 0.1) is 6.92 Å². The maximum Gasteiger partial charge on any atom is 0.472 e. The Balaban J connectivity index is 2.15. The summed E-state index contributed by atoms with van der Waals surface area (Å²) in [5.74, 6) is -0.747. The lowest BCUT2D eigenvalue weighted by molar-refractivity contribution is -0.243. The quantitative estimate of drug-likeness (QED) is 0.527. The molecular formula is C14H20N3O10P. The van der Waals surface area contributed by atoms with Gasteiger partial charge in [-0.3, -0.25) is 33.0 Å². The van der Waals surface area contributed by atoms with Gasteiger partial charge in [-0.05, 0) is 6.92 Å². The molecule has 2 bridgehead atoms. The van der Waals surface area contributed by atoms with Crippen molar-refractivity contribution in [1.82, 2.24) is 14.6 Å². The lowest BCUT2D eigenvalue weighted by Gasteiger charge is -2.40. The molecule has 13 nitrogen and oxygen atoms in total. The van der Waals surface area contributed by atoms with Gasteiger partial charge in [0, 0.05) is 33.0 Å². The third-order valence-electron chi connectivity index (χ3n) is 4.55. The van der Waals surface area contributed by atoms with E-state index in [1.165, 1.54) is 27.3 Å². The monoisotopic (exact) mass is 421 g/mol. The third kappa shape index (κ3) is 3.24. The summed E-state index contributed by atoms with van der Waals surface area (Å²) in [6, 6.07) is 0. The van der Waals surface area contributed by atoms with Gasteiger partial charge >= 0.3 is 13.5 Å². The Morgan fingerprint density at radius 2 is 2.04 bits per heavy atom. The van der Waals surface area contributed by atoms with Gasteiger partial charge in [0.25, 0.3) is 11.5 Å². The molecule has 28 heavy (non-hydrogen) atoms. The number of nitrogens with zero attached hydrogens (tertiary/aromatic N) is 2. The number of hydrogen-bond donors (Lipinski definition) is 2. The second-order valence-electron chi connectivity index (χ2n) is 6.36. The first-order chi connectivity index (χ1) is 13.1. The molecule has 5 atom stereocenters. The van der Waals surface area contributed by atoms with Crippen LogP contribution in [0.15, 0.2) is 15.8 Å². The van der Waals surface area contributed by atoms with E-state index in [2.05, 4.69) is 9.51 Å². The van der Waals surface area contributed by atoms with Gasteiger partial charge in [-0.1, -0.05) is 0 Å². The molecule has 2 fully saturated rings. The maximum absolute atomic E-state index is 12.8. The summed E-state index contributed by atoms with van der Waals surface area (Å²) < 4.78 is 33.6. The first-order valence-corrected chi connectivity index (χ1v) is 9.56. The van der Waals surface area contributed by atoms with Crippen LogP contribution in [-0.4, -0.2) is 71.1 Å². The van der Waals surface area contributed by atoms with Crippen molar-refractivity contribution in [3.63, 3.8) is 0 Å². The van der Waals surface area contributed by atoms with Gasteiger partial charge in [0.2, 0.25) is 5.60 Å². The number of nitrogens with one attached hydrogen (secondary N) is 1. The summed E-state index contributed by atoms with van der Waals surface area (Å²) in [6.07, 6.45) is -2.70. The molecule has 0 saturated carbocycles. The Bertz CT molecular complexity index is 944. The fourth-order valence-corrected chi connectivity index (χ4v) is 3.92. The number of carbonyl (C=O) groups is 1. The summed E-state index contributed by atoms with van der Waals surface area (Å²) in [7, 11) is -0.998. The van der Waals surface area contributed by atoms with Gasteiger partial charge in [-0.2, -0.15) is 0 Å². The van der Waals surface area contributed by atoms with Gasteiger partial charge < -0.3 is 14.4 Å². The van der Waals surface area contributed by atoms with Crippen LogP contribution in [0.3, 0.4) is 0 Å². The molecular weight excluding hydrogens is 401 g/mol. The molecule has 0 radical (unpaired) electrons. The first-order valence-electron chi connectivity index (χ1n) is 8.07. The van der Waals surface area contributed by atoms with E-state index in [9.17, 15) is 23.8 Å². The van der Waals surface area contributed by atoms with Crippen LogP contribution in [0.4, 0.5) is 0 Å². The second kappa shape index (κ2) is 7.19. The number of fused-ring (bicyclic) bond motifs is 2. The smallest absolute Gasteiger partial charge is 0.381 e. The molecule has 3 rings (SSSR count). The van der Waals surface area contributed by atoms with Gasteiger partial charge in [-0.25, -0.2) is 14.4 Å². The van der Waals surface area contributed by atoms with E-state index in [0.717, 1.165) is 16.7 Å². The average molecular weight is 421 g/mol. The fourth-order valence-electron chi connectivity index (χ4n) is 3.26. The Morgan fingerprint density at radius 3 is 2.64 bits per heavy atom. The molecule has 2 aliphatic heterocycles. The van der Waals surface area contributed by atoms with Crippen molar-refractivity contribution < 1.29 is 37.6 Å². The number of phosphoric ester groups is 1. The van der Waals surface area contributed by atoms with E-state index in [1.54, 1.807) is 0 Å². The van der Waals surface area contributed by atoms with E-state index in [-0.39, 0.29) is 12.2 Å². The van der Waals surface area contributed by atoms with Gasteiger partial charge in [0.15, 0.2) is 12.3 Å². The lowest BCUT2D eigenvalue weighted by atomic mass is 9.93. The summed E-state index contributed by atoms with van der Waals surface area (Å²) in [5.41, 5.74) is -3.10. The lowest BCUT2D eigenvalue weighted by Crippen LogP contribution is -2.63. The van der Waals surface area contributed by atoms with Gasteiger partial charge in [0.1, 0.15) is 6.10 Å². The minimum atomic E-state index is -4.57. The molecule has 3 unspecified atom stereocenters. The maximum atomic E-state index is 12.8. The van der Waals surface area contributed by atoms with Crippen molar-refractivity contribution in [3.8, 4) is 0 Å². The normalized spacial score (nSPS) is 31.8. The minimum absolute atomic E-state index is 0.201. The molecule has 0 spiro atoms. The van der Waals surface area contributed by atoms with Crippen LogP contribution < -0.4 is 11.2 Å². The zero-order chi connectivity index (χ0) is 20.9. The number of hydroxylamine groups is 2. The molecule has 1 aromatic rings. The number of hydrogen-bond acceptors (Lipinski definition) is 9. The van der Waals surface area contributed by atoms with E-state index < -0.39 is 49.0 Å². The number of aromatic nitrogens is 2. The zero-order valence-corrected chi connectivity index (χ0v) is 16.4. The first kappa shape index (κ1) is 20.9. The van der Waals surface area contributed by atoms with Crippen LogP contribution in [-0.2, 0) is 32.7 Å². The molecule has 14 heteroatoms. The van der Waals surface area contributed by atoms with Crippen molar-refractivity contribution in [2.24, 2.45) is 0 Å². The highest BCUT2D eigenvalue weighted by Gasteiger charge is 2.68. The molecule has 1 aromatic heterocycles. The van der Waals surface area contributed by atoms with Gasteiger partial charge in [0.05, 0.1) is 6.61 Å². The highest BCUT2D eigenvalue weighted by molar-refractivity contribution is 7.47. The number of likely N-dealkylation sites (N-methyl/N-ethyl adjacent to an activating group) is 1. The Morgan fingerprint density at radius 1 is 1.36 bits per heavy atom. The minimum Gasteiger partial charge on any atom is -0.381 e. The molecule has 0 aliphatic carbocycles. The highest BCUT2D eigenvalue weighted by atomic mass is 31.2. The number of methoxy groups -OCH3 is 1. The van der Waals surface area contributed by atoms with E-state index in [0.29, 0.717) is 0 Å². The standard InChI is InChI=1S/C14H20N3O10P/c1-7-5-17(13(20)15-10(7)18)11-8-9(27-28(21,22)24-4)14(25-11,6-23-3)12(19)16(2)26-8/h5,8-9,11H,6H2,1-4H3,(H,21,22)(H,15,18,20)/t8?,9?,11-,14-/m1/s1. The SMILES string of the molecule is COC[C@]12O[C@@H](n3cc(C)c(=O)[nH]c3=O)C(ON(C)C1=O)C2OP(=O)(O)OC. The summed E-state index contributed by atoms with van der Waals surface area (Å²) in [6.45, 7) is 1.11. The number of ether oxygens (including phenoxy) is 2. The summed E-state index contributed by atoms with van der Waals surface area (Å²) in [4.78, 5) is 54.2. The predicted molar refractivity (Wildman–Crippen MR) is 90.1 cm³/mol. The molecule has 3 heterocycles. The predicted octanol–water partition coefficient (Wildman–Crippen LogP) is -1.34. The van der Waals surface area contributed by atoms with Crippen molar-refractivity contribution in [1.29, 1.82) is 0 Å². The Labute approximate surface area is 158 Å². The second-order valence-corrected chi connectivity index (χ2v) is 7.87. The molecule has 0 aromatic carbocycles. The number of carbonyl (C=O) groups excluding carboxylic acids is 1. The summed E-state index contributed by atoms with van der Waals surface area (Å²) >= 11 is 0. The molecule has 156 valence electrons. The van der Waals surface area contributed by atoms with Crippen molar-refractivity contribution in [2.75, 3.05) is 27.9 Å². The molecule has 2 saturated heterocycles. The number of phosphoric acid groups is 1. The molecule has 1 amide bonds. The van der Waals surface area contributed by atoms with Crippen LogP contribution in [0.2, 0.25) is 0 Å². The van der Waals surface area contributed by atoms with Crippen LogP contribution in [0.5, 0.6) is 0 Å². The Kier molecular flexibility index (Phi) is 5.36. The third-order valence-corrected chi connectivity index (χ3v) is 5.51. The van der Waals surface area contributed by atoms with Gasteiger partial charge in [-0.15, -0.1) is 0 Å². The average Bonchev–Trinajstić information content (AvgIpc) is 2.85. The Hall–Kier alpha value is -1.86. The topological polar surface area (TPSA) is 159 Å². The fraction of sp³-hybridized carbons (Fsp3) is 0.643. The van der Waals surface area contributed by atoms with Crippen LogP contribution in [0.25, 0.3) is 0 Å². The highest BCUT2D eigenvalue weighted by Crippen LogP contribution is 2.53. The van der Waals surface area contributed by atoms with Crippen molar-refractivity contribution in [2.45, 2.75) is 31.0 Å². The molecule has 2 aliphatic rings. The van der Waals surface area contributed by atoms with Crippen molar-refractivity contribution in [3.05, 3.63) is 32.6 Å². The van der Waals surface area contributed by atoms with E-state index in [1.807, 2.05) is 0 Å². The van der Waals surface area contributed by atoms with E-state index >= 15 is 0 Å². The summed E-state index contributed by atoms with van der Waals surface area (Å²) in [5, 5.41) is 0.877. The van der Waals surface area contributed by atoms with Crippen LogP contribution >= 0.6 is 7.82 Å². The number of amides is 1. The number of aromatic amines is 1. The zero-order valence-electron chi connectivity index (χ0n) is 15.5. The number of H-pyrrole nitrogens is 1. The number of aryl methyl sites for hydroxylation is 1. The van der Waals surface area contributed by atoms with E-state index in [4.69, 9.17) is 18.8 Å². The molecule has 2 N–H and O–H groups in total. The van der Waals surface area contributed by atoms with Crippen molar-refractivity contribution >= 4 is 13.7 Å².